The zero-order chi connectivity index (χ0) is 26.5. The number of ether oxygens (including phenoxy) is 1. The molecule has 0 spiro atoms. The summed E-state index contributed by atoms with van der Waals surface area (Å²) in [5.41, 5.74) is 8.78. The molecule has 3 amide bonds. The standard InChI is InChI=1S/C25H22Cl2N4O6/c1-13-22-17(28-30-24(34)15-5-2-3-7-18(15)32)6-4-8-20(22)37-23(13)25(35)31-29-21(33)12-36-19-10-9-14(26)11-16(19)27/h2-3,5,7,9-11,32H,4,6,8,12H2,1H3,(H,29,33)(H,30,34)(H,31,35)/b28-17+. The molecule has 0 radical (unpaired) electrons. The Kier molecular flexibility index (Phi) is 8.00. The predicted molar refractivity (Wildman–Crippen MR) is 136 cm³/mol. The van der Waals surface area contributed by atoms with Gasteiger partial charge in [0.1, 0.15) is 17.3 Å². The highest BCUT2D eigenvalue weighted by Gasteiger charge is 2.28. The van der Waals surface area contributed by atoms with Gasteiger partial charge in [0, 0.05) is 22.6 Å². The van der Waals surface area contributed by atoms with E-state index in [2.05, 4.69) is 21.4 Å². The van der Waals surface area contributed by atoms with Gasteiger partial charge < -0.3 is 14.3 Å². The molecule has 1 aromatic heterocycles. The summed E-state index contributed by atoms with van der Waals surface area (Å²) in [6.45, 7) is 1.29. The van der Waals surface area contributed by atoms with Crippen LogP contribution in [0.3, 0.4) is 0 Å². The molecule has 4 rings (SSSR count). The molecule has 3 aromatic rings. The minimum atomic E-state index is -0.664. The summed E-state index contributed by atoms with van der Waals surface area (Å²) >= 11 is 11.8. The molecule has 1 aliphatic rings. The maximum atomic E-state index is 12.7. The van der Waals surface area contributed by atoms with Crippen LogP contribution in [-0.2, 0) is 11.2 Å². The number of para-hydroxylation sites is 1. The van der Waals surface area contributed by atoms with E-state index in [0.29, 0.717) is 46.9 Å². The molecule has 0 saturated heterocycles. The van der Waals surface area contributed by atoms with Crippen LogP contribution in [0.25, 0.3) is 0 Å². The maximum absolute atomic E-state index is 12.7. The van der Waals surface area contributed by atoms with Crippen molar-refractivity contribution in [2.24, 2.45) is 5.10 Å². The van der Waals surface area contributed by atoms with Crippen molar-refractivity contribution in [1.29, 1.82) is 0 Å². The normalized spacial score (nSPS) is 13.5. The van der Waals surface area contributed by atoms with Crippen LogP contribution in [0.5, 0.6) is 11.5 Å². The third-order valence-electron chi connectivity index (χ3n) is 5.54. The number of hydrogen-bond donors (Lipinski definition) is 4. The van der Waals surface area contributed by atoms with Gasteiger partial charge in [0.15, 0.2) is 12.4 Å². The Morgan fingerprint density at radius 2 is 1.86 bits per heavy atom. The Bertz CT molecular complexity index is 1400. The molecule has 4 N–H and O–H groups in total. The highest BCUT2D eigenvalue weighted by molar-refractivity contribution is 6.35. The van der Waals surface area contributed by atoms with Crippen molar-refractivity contribution >= 4 is 46.6 Å². The third-order valence-corrected chi connectivity index (χ3v) is 6.07. The fourth-order valence-corrected chi connectivity index (χ4v) is 4.26. The number of carbonyl (C=O) groups excluding carboxylic acids is 3. The van der Waals surface area contributed by atoms with Crippen LogP contribution in [0, 0.1) is 6.92 Å². The number of nitrogens with one attached hydrogen (secondary N) is 3. The first-order valence-corrected chi connectivity index (χ1v) is 11.9. The molecule has 192 valence electrons. The van der Waals surface area contributed by atoms with Crippen molar-refractivity contribution in [2.45, 2.75) is 26.2 Å². The zero-order valence-corrected chi connectivity index (χ0v) is 21.1. The number of nitrogens with zero attached hydrogens (tertiary/aromatic N) is 1. The summed E-state index contributed by atoms with van der Waals surface area (Å²) in [6, 6.07) is 10.7. The summed E-state index contributed by atoms with van der Waals surface area (Å²) in [6.07, 6.45) is 1.84. The van der Waals surface area contributed by atoms with Gasteiger partial charge in [-0.2, -0.15) is 5.10 Å². The lowest BCUT2D eigenvalue weighted by Crippen LogP contribution is -2.43. The van der Waals surface area contributed by atoms with Gasteiger partial charge in [0.25, 0.3) is 11.8 Å². The number of halogens is 2. The van der Waals surface area contributed by atoms with Crippen molar-refractivity contribution in [3.63, 3.8) is 0 Å². The molecule has 0 unspecified atom stereocenters. The van der Waals surface area contributed by atoms with Crippen molar-refractivity contribution < 1.29 is 28.6 Å². The van der Waals surface area contributed by atoms with Gasteiger partial charge in [0.05, 0.1) is 16.3 Å². The van der Waals surface area contributed by atoms with Gasteiger partial charge in [-0.15, -0.1) is 0 Å². The number of aryl methyl sites for hydroxylation is 1. The smallest absolute Gasteiger partial charge is 0.305 e. The largest absolute Gasteiger partial charge is 0.507 e. The Hall–Kier alpha value is -4.02. The van der Waals surface area contributed by atoms with E-state index in [9.17, 15) is 19.5 Å². The second-order valence-corrected chi connectivity index (χ2v) is 8.93. The minimum Gasteiger partial charge on any atom is -0.507 e. The highest BCUT2D eigenvalue weighted by atomic mass is 35.5. The Morgan fingerprint density at radius 3 is 2.62 bits per heavy atom. The van der Waals surface area contributed by atoms with Crippen LogP contribution >= 0.6 is 23.2 Å². The van der Waals surface area contributed by atoms with Crippen LogP contribution < -0.4 is 21.0 Å². The number of aromatic hydroxyl groups is 1. The number of hydrazine groups is 1. The van der Waals surface area contributed by atoms with Gasteiger partial charge >= 0.3 is 5.91 Å². The number of hydrogen-bond acceptors (Lipinski definition) is 7. The van der Waals surface area contributed by atoms with Crippen LogP contribution in [0.4, 0.5) is 0 Å². The van der Waals surface area contributed by atoms with E-state index in [0.717, 1.165) is 0 Å². The molecular weight excluding hydrogens is 523 g/mol. The number of rotatable bonds is 6. The molecular formula is C25H22Cl2N4O6. The number of furan rings is 1. The molecule has 1 aliphatic carbocycles. The van der Waals surface area contributed by atoms with Crippen molar-refractivity contribution in [3.05, 3.63) is 80.7 Å². The zero-order valence-electron chi connectivity index (χ0n) is 19.6. The maximum Gasteiger partial charge on any atom is 0.305 e. The molecule has 0 saturated carbocycles. The van der Waals surface area contributed by atoms with Crippen LogP contribution in [0.15, 0.2) is 52.0 Å². The van der Waals surface area contributed by atoms with Crippen molar-refractivity contribution in [3.8, 4) is 11.5 Å². The molecule has 1 heterocycles. The van der Waals surface area contributed by atoms with E-state index < -0.39 is 24.3 Å². The lowest BCUT2D eigenvalue weighted by molar-refractivity contribution is -0.123. The lowest BCUT2D eigenvalue weighted by Gasteiger charge is -2.13. The number of hydrazone groups is 1. The van der Waals surface area contributed by atoms with E-state index in [4.69, 9.17) is 32.4 Å². The van der Waals surface area contributed by atoms with Gasteiger partial charge in [-0.05, 0) is 50.1 Å². The summed E-state index contributed by atoms with van der Waals surface area (Å²) in [5.74, 6) is -1.19. The van der Waals surface area contributed by atoms with Crippen LogP contribution in [0.1, 0.15) is 50.6 Å². The van der Waals surface area contributed by atoms with E-state index in [1.807, 2.05) is 0 Å². The molecule has 0 bridgehead atoms. The highest BCUT2D eigenvalue weighted by Crippen LogP contribution is 2.30. The van der Waals surface area contributed by atoms with E-state index in [-0.39, 0.29) is 27.8 Å². The molecule has 0 atom stereocenters. The third kappa shape index (κ3) is 6.04. The lowest BCUT2D eigenvalue weighted by atomic mass is 9.93. The fraction of sp³-hybridized carbons (Fsp3) is 0.200. The number of fused-ring (bicyclic) bond motifs is 1. The first kappa shape index (κ1) is 26.1. The summed E-state index contributed by atoms with van der Waals surface area (Å²) in [7, 11) is 0. The Labute approximate surface area is 221 Å². The first-order valence-electron chi connectivity index (χ1n) is 11.2. The molecule has 37 heavy (non-hydrogen) atoms. The van der Waals surface area contributed by atoms with Gasteiger partial charge in [-0.25, -0.2) is 5.43 Å². The second kappa shape index (κ2) is 11.4. The van der Waals surface area contributed by atoms with E-state index >= 15 is 0 Å². The number of phenolic OH excluding ortho intramolecular Hbond substituents is 1. The average Bonchev–Trinajstić information content (AvgIpc) is 3.22. The predicted octanol–water partition coefficient (Wildman–Crippen LogP) is 3.91. The minimum absolute atomic E-state index is 0.00796. The van der Waals surface area contributed by atoms with E-state index in [1.54, 1.807) is 25.1 Å². The van der Waals surface area contributed by atoms with Gasteiger partial charge in [-0.3, -0.25) is 25.2 Å². The van der Waals surface area contributed by atoms with Crippen molar-refractivity contribution in [1.82, 2.24) is 16.3 Å². The van der Waals surface area contributed by atoms with Gasteiger partial charge in [0.2, 0.25) is 0 Å². The molecule has 0 fully saturated rings. The summed E-state index contributed by atoms with van der Waals surface area (Å²) in [4.78, 5) is 37.3. The first-order chi connectivity index (χ1) is 17.7. The number of benzene rings is 2. The quantitative estimate of drug-likeness (QED) is 0.346. The molecule has 2 aromatic carbocycles. The van der Waals surface area contributed by atoms with Crippen LogP contribution in [-0.4, -0.2) is 35.1 Å². The summed E-state index contributed by atoms with van der Waals surface area (Å²) < 4.78 is 11.1. The number of amides is 3. The van der Waals surface area contributed by atoms with E-state index in [1.165, 1.54) is 24.3 Å². The molecule has 12 heteroatoms. The summed E-state index contributed by atoms with van der Waals surface area (Å²) in [5, 5.41) is 14.8. The SMILES string of the molecule is Cc1c(C(=O)NNC(=O)COc2ccc(Cl)cc2Cl)oc2c1/C(=N/NC(=O)c1ccccc1O)CCC2. The Balaban J connectivity index is 1.39. The number of carbonyl (C=O) groups is 3. The van der Waals surface area contributed by atoms with Crippen molar-refractivity contribution in [2.75, 3.05) is 6.61 Å². The second-order valence-electron chi connectivity index (χ2n) is 8.09. The topological polar surface area (TPSA) is 142 Å². The fourth-order valence-electron chi connectivity index (χ4n) is 3.80. The van der Waals surface area contributed by atoms with Crippen LogP contribution in [0.2, 0.25) is 10.0 Å². The molecule has 10 nitrogen and oxygen atoms in total. The molecule has 0 aliphatic heterocycles. The number of phenols is 1. The monoisotopic (exact) mass is 544 g/mol. The Morgan fingerprint density at radius 1 is 1.08 bits per heavy atom. The average molecular weight is 545 g/mol. The van der Waals surface area contributed by atoms with Gasteiger partial charge in [-0.1, -0.05) is 35.3 Å².